The van der Waals surface area contributed by atoms with Crippen LogP contribution in [0.4, 0.5) is 10.9 Å². The molecule has 1 aliphatic heterocycles. The number of benzene rings is 1. The van der Waals surface area contributed by atoms with Crippen molar-refractivity contribution in [3.8, 4) is 5.75 Å². The van der Waals surface area contributed by atoms with Crippen LogP contribution in [0.1, 0.15) is 6.92 Å². The highest BCUT2D eigenvalue weighted by Crippen LogP contribution is 2.34. The quantitative estimate of drug-likeness (QED) is 0.727. The molecule has 24 heavy (non-hydrogen) atoms. The highest BCUT2D eigenvalue weighted by Gasteiger charge is 2.21. The Morgan fingerprint density at radius 2 is 1.96 bits per heavy atom. The summed E-state index contributed by atoms with van der Waals surface area (Å²) in [7, 11) is 0. The Bertz CT molecular complexity index is 814. The number of thiazole rings is 1. The molecule has 3 aromatic rings. The molecule has 0 bridgehead atoms. The van der Waals surface area contributed by atoms with Gasteiger partial charge in [-0.1, -0.05) is 17.4 Å². The number of rotatable bonds is 4. The first kappa shape index (κ1) is 15.1. The Labute approximate surface area is 144 Å². The number of nitrogens with zero attached hydrogens (tertiary/aromatic N) is 5. The first-order chi connectivity index (χ1) is 11.8. The number of piperazine rings is 1. The Hall–Kier alpha value is -2.41. The van der Waals surface area contributed by atoms with Crippen LogP contribution < -0.4 is 14.5 Å². The van der Waals surface area contributed by atoms with E-state index in [-0.39, 0.29) is 0 Å². The zero-order chi connectivity index (χ0) is 16.4. The Morgan fingerprint density at radius 3 is 2.71 bits per heavy atom. The third-order valence-corrected chi connectivity index (χ3v) is 5.18. The average Bonchev–Trinajstić information content (AvgIpc) is 3.08. The predicted molar refractivity (Wildman–Crippen MR) is 97.2 cm³/mol. The van der Waals surface area contributed by atoms with Crippen molar-refractivity contribution in [2.24, 2.45) is 0 Å². The van der Waals surface area contributed by atoms with E-state index in [1.54, 1.807) is 23.7 Å². The second-order valence-corrected chi connectivity index (χ2v) is 6.58. The molecule has 6 nitrogen and oxygen atoms in total. The molecule has 1 fully saturated rings. The summed E-state index contributed by atoms with van der Waals surface area (Å²) in [5, 5.41) is 1.07. The second kappa shape index (κ2) is 6.60. The molecule has 1 aromatic carbocycles. The lowest BCUT2D eigenvalue weighted by atomic mass is 10.3. The van der Waals surface area contributed by atoms with E-state index in [1.807, 2.05) is 25.3 Å². The molecule has 7 heteroatoms. The number of ether oxygens (including phenoxy) is 1. The van der Waals surface area contributed by atoms with E-state index in [9.17, 15) is 0 Å². The van der Waals surface area contributed by atoms with Gasteiger partial charge in [-0.15, -0.1) is 0 Å². The summed E-state index contributed by atoms with van der Waals surface area (Å²) < 4.78 is 6.87. The summed E-state index contributed by atoms with van der Waals surface area (Å²) in [5.41, 5.74) is 0.968. The molecule has 0 atom stereocenters. The monoisotopic (exact) mass is 341 g/mol. The summed E-state index contributed by atoms with van der Waals surface area (Å²) in [6, 6.07) is 6.12. The summed E-state index contributed by atoms with van der Waals surface area (Å²) in [6.45, 7) is 6.36. The Kier molecular flexibility index (Phi) is 4.17. The van der Waals surface area contributed by atoms with Crippen molar-refractivity contribution < 1.29 is 4.74 Å². The molecular weight excluding hydrogens is 322 g/mol. The Balaban J connectivity index is 1.51. The van der Waals surface area contributed by atoms with Crippen molar-refractivity contribution in [1.82, 2.24) is 15.0 Å². The average molecular weight is 341 g/mol. The summed E-state index contributed by atoms with van der Waals surface area (Å²) in [4.78, 5) is 18.0. The molecule has 0 aliphatic carbocycles. The highest BCUT2D eigenvalue weighted by atomic mass is 32.1. The third-order valence-electron chi connectivity index (χ3n) is 4.09. The SMILES string of the molecule is CCOc1cccc2sc(N3CCN(c4cnccn4)CC3)nc12. The lowest BCUT2D eigenvalue weighted by molar-refractivity contribution is 0.344. The molecule has 0 radical (unpaired) electrons. The zero-order valence-corrected chi connectivity index (χ0v) is 14.4. The van der Waals surface area contributed by atoms with E-state index < -0.39 is 0 Å². The highest BCUT2D eigenvalue weighted by molar-refractivity contribution is 7.22. The van der Waals surface area contributed by atoms with Crippen molar-refractivity contribution in [1.29, 1.82) is 0 Å². The molecule has 0 N–H and O–H groups in total. The van der Waals surface area contributed by atoms with Gasteiger partial charge >= 0.3 is 0 Å². The smallest absolute Gasteiger partial charge is 0.186 e. The number of anilines is 2. The molecule has 124 valence electrons. The molecular formula is C17H19N5OS. The van der Waals surface area contributed by atoms with Crippen LogP contribution in [0.2, 0.25) is 0 Å². The largest absolute Gasteiger partial charge is 0.492 e. The molecule has 0 unspecified atom stereocenters. The van der Waals surface area contributed by atoms with Crippen molar-refractivity contribution in [3.05, 3.63) is 36.8 Å². The number of hydrogen-bond donors (Lipinski definition) is 0. The van der Waals surface area contributed by atoms with Gasteiger partial charge in [-0.3, -0.25) is 4.98 Å². The minimum atomic E-state index is 0.656. The van der Waals surface area contributed by atoms with Gasteiger partial charge in [0.05, 0.1) is 17.5 Å². The van der Waals surface area contributed by atoms with Crippen LogP contribution in [-0.2, 0) is 0 Å². The molecule has 1 aliphatic rings. The maximum atomic E-state index is 5.70. The molecule has 0 amide bonds. The maximum Gasteiger partial charge on any atom is 0.186 e. The van der Waals surface area contributed by atoms with Crippen LogP contribution in [-0.4, -0.2) is 47.7 Å². The number of hydrogen-bond acceptors (Lipinski definition) is 7. The van der Waals surface area contributed by atoms with Gasteiger partial charge in [-0.25, -0.2) is 9.97 Å². The van der Waals surface area contributed by atoms with E-state index in [4.69, 9.17) is 9.72 Å². The topological polar surface area (TPSA) is 54.4 Å². The van der Waals surface area contributed by atoms with Gasteiger partial charge < -0.3 is 14.5 Å². The minimum Gasteiger partial charge on any atom is -0.492 e. The standard InChI is InChI=1S/C17H19N5OS/c1-2-23-13-4-3-5-14-16(13)20-17(24-14)22-10-8-21(9-11-22)15-12-18-6-7-19-15/h3-7,12H,2,8-11H2,1H3. The van der Waals surface area contributed by atoms with Crippen molar-refractivity contribution in [2.75, 3.05) is 42.6 Å². The summed E-state index contributed by atoms with van der Waals surface area (Å²) in [5.74, 6) is 1.82. The first-order valence-electron chi connectivity index (χ1n) is 8.13. The van der Waals surface area contributed by atoms with E-state index >= 15 is 0 Å². The van der Waals surface area contributed by atoms with Crippen LogP contribution in [0.5, 0.6) is 5.75 Å². The van der Waals surface area contributed by atoms with Gasteiger partial charge in [-0.2, -0.15) is 0 Å². The van der Waals surface area contributed by atoms with Crippen molar-refractivity contribution in [3.63, 3.8) is 0 Å². The van der Waals surface area contributed by atoms with Gasteiger partial charge in [0.25, 0.3) is 0 Å². The third kappa shape index (κ3) is 2.87. The fourth-order valence-electron chi connectivity index (χ4n) is 2.90. The van der Waals surface area contributed by atoms with Crippen LogP contribution in [0.25, 0.3) is 10.2 Å². The van der Waals surface area contributed by atoms with Crippen molar-refractivity contribution >= 4 is 32.5 Å². The van der Waals surface area contributed by atoms with Crippen LogP contribution in [0.15, 0.2) is 36.8 Å². The molecule has 3 heterocycles. The van der Waals surface area contributed by atoms with Crippen molar-refractivity contribution in [2.45, 2.75) is 6.92 Å². The van der Waals surface area contributed by atoms with Gasteiger partial charge in [0.1, 0.15) is 17.1 Å². The van der Waals surface area contributed by atoms with Gasteiger partial charge in [-0.05, 0) is 19.1 Å². The number of fused-ring (bicyclic) bond motifs is 1. The van der Waals surface area contributed by atoms with E-state index in [1.165, 1.54) is 4.70 Å². The van der Waals surface area contributed by atoms with Gasteiger partial charge in [0.2, 0.25) is 0 Å². The molecule has 4 rings (SSSR count). The lowest BCUT2D eigenvalue weighted by Gasteiger charge is -2.34. The minimum absolute atomic E-state index is 0.656. The zero-order valence-electron chi connectivity index (χ0n) is 13.6. The number of aromatic nitrogens is 3. The molecule has 1 saturated heterocycles. The summed E-state index contributed by atoms with van der Waals surface area (Å²) >= 11 is 1.73. The van der Waals surface area contributed by atoms with Gasteiger partial charge in [0.15, 0.2) is 5.13 Å². The first-order valence-corrected chi connectivity index (χ1v) is 8.95. The van der Waals surface area contributed by atoms with E-state index in [0.717, 1.165) is 48.4 Å². The normalized spacial score (nSPS) is 15.0. The van der Waals surface area contributed by atoms with Crippen LogP contribution >= 0.6 is 11.3 Å². The number of para-hydroxylation sites is 1. The second-order valence-electron chi connectivity index (χ2n) is 5.57. The predicted octanol–water partition coefficient (Wildman–Crippen LogP) is 2.81. The molecule has 0 spiro atoms. The molecule has 0 saturated carbocycles. The maximum absolute atomic E-state index is 5.70. The van der Waals surface area contributed by atoms with Gasteiger partial charge in [0, 0.05) is 38.6 Å². The van der Waals surface area contributed by atoms with Crippen LogP contribution in [0.3, 0.4) is 0 Å². The fraction of sp³-hybridized carbons (Fsp3) is 0.353. The fourth-order valence-corrected chi connectivity index (χ4v) is 3.93. The van der Waals surface area contributed by atoms with E-state index in [2.05, 4.69) is 25.8 Å². The summed E-state index contributed by atoms with van der Waals surface area (Å²) in [6.07, 6.45) is 5.27. The van der Waals surface area contributed by atoms with Crippen LogP contribution in [0, 0.1) is 0 Å². The van der Waals surface area contributed by atoms with E-state index in [0.29, 0.717) is 6.61 Å². The lowest BCUT2D eigenvalue weighted by Crippen LogP contribution is -2.46. The Morgan fingerprint density at radius 1 is 1.12 bits per heavy atom. The molecule has 2 aromatic heterocycles.